The maximum Gasteiger partial charge on any atom is 0.257 e. The van der Waals surface area contributed by atoms with E-state index >= 15 is 0 Å². The summed E-state index contributed by atoms with van der Waals surface area (Å²) in [5.74, 6) is 1.27. The molecule has 0 spiro atoms. The maximum atomic E-state index is 5.53. The van der Waals surface area contributed by atoms with Crippen molar-refractivity contribution >= 4 is 0 Å². The van der Waals surface area contributed by atoms with Crippen LogP contribution in [0, 0.1) is 0 Å². The van der Waals surface area contributed by atoms with Gasteiger partial charge in [-0.3, -0.25) is 0 Å². The summed E-state index contributed by atoms with van der Waals surface area (Å²) >= 11 is 0. The third kappa shape index (κ3) is 2.54. The zero-order valence-electron chi connectivity index (χ0n) is 10.4. The zero-order chi connectivity index (χ0) is 13.1. The first-order chi connectivity index (χ1) is 9.36. The first kappa shape index (κ1) is 12.0. The van der Waals surface area contributed by atoms with Crippen molar-refractivity contribution in [2.45, 2.75) is 6.10 Å². The third-order valence-corrected chi connectivity index (χ3v) is 2.72. The highest BCUT2D eigenvalue weighted by Gasteiger charge is 2.22. The predicted octanol–water partition coefficient (Wildman–Crippen LogP) is 0.196. The molecule has 1 N–H and O–H groups in total. The van der Waals surface area contributed by atoms with Gasteiger partial charge in [0.1, 0.15) is 11.8 Å². The van der Waals surface area contributed by atoms with Gasteiger partial charge in [-0.1, -0.05) is 5.16 Å². The average molecular weight is 263 g/mol. The average Bonchev–Trinajstić information content (AvgIpc) is 2.98. The fraction of sp³-hybridized carbons (Fsp3) is 0.455. The Bertz CT molecular complexity index is 536. The number of hydrogen-bond donors (Lipinski definition) is 1. The number of nitrogens with zero attached hydrogens (tertiary/aromatic N) is 4. The molecule has 2 aromatic rings. The van der Waals surface area contributed by atoms with Crippen LogP contribution in [0.4, 0.5) is 0 Å². The molecular weight excluding hydrogens is 250 g/mol. The van der Waals surface area contributed by atoms with Crippen LogP contribution in [-0.4, -0.2) is 47.1 Å². The topological polar surface area (TPSA) is 95.2 Å². The molecule has 8 heteroatoms. The van der Waals surface area contributed by atoms with Crippen molar-refractivity contribution in [3.05, 3.63) is 18.0 Å². The largest absolute Gasteiger partial charge is 0.480 e. The molecule has 19 heavy (non-hydrogen) atoms. The number of rotatable bonds is 3. The Morgan fingerprint density at radius 2 is 2.32 bits per heavy atom. The number of methoxy groups -OCH3 is 1. The first-order valence-corrected chi connectivity index (χ1v) is 5.91. The molecule has 3 heterocycles. The van der Waals surface area contributed by atoms with Crippen LogP contribution in [0.5, 0.6) is 5.88 Å². The number of nitrogens with one attached hydrogen (secondary N) is 1. The van der Waals surface area contributed by atoms with Gasteiger partial charge in [0.2, 0.25) is 11.7 Å². The fourth-order valence-corrected chi connectivity index (χ4v) is 1.74. The Morgan fingerprint density at radius 1 is 1.37 bits per heavy atom. The van der Waals surface area contributed by atoms with Gasteiger partial charge in [-0.25, -0.2) is 0 Å². The molecule has 0 saturated carbocycles. The summed E-state index contributed by atoms with van der Waals surface area (Å²) in [6.45, 7) is 2.13. The summed E-state index contributed by atoms with van der Waals surface area (Å²) in [6, 6.07) is 3.41. The van der Waals surface area contributed by atoms with Gasteiger partial charge in [0.15, 0.2) is 0 Å². The first-order valence-electron chi connectivity index (χ1n) is 5.91. The molecule has 3 rings (SSSR count). The second-order valence-corrected chi connectivity index (χ2v) is 3.98. The zero-order valence-corrected chi connectivity index (χ0v) is 10.4. The number of ether oxygens (including phenoxy) is 2. The lowest BCUT2D eigenvalue weighted by Gasteiger charge is -2.19. The normalized spacial score (nSPS) is 19.3. The Labute approximate surface area is 109 Å². The number of aromatic nitrogens is 4. The van der Waals surface area contributed by atoms with Crippen molar-refractivity contribution in [1.82, 2.24) is 25.7 Å². The lowest BCUT2D eigenvalue weighted by Crippen LogP contribution is -2.33. The van der Waals surface area contributed by atoms with E-state index < -0.39 is 0 Å². The summed E-state index contributed by atoms with van der Waals surface area (Å²) in [4.78, 5) is 4.27. The lowest BCUT2D eigenvalue weighted by molar-refractivity contribution is 0.00755. The summed E-state index contributed by atoms with van der Waals surface area (Å²) in [5, 5.41) is 14.9. The molecule has 0 radical (unpaired) electrons. The minimum absolute atomic E-state index is 0.207. The van der Waals surface area contributed by atoms with E-state index in [0.29, 0.717) is 36.4 Å². The molecule has 8 nitrogen and oxygen atoms in total. The molecule has 1 aliphatic rings. The van der Waals surface area contributed by atoms with Crippen LogP contribution in [0.2, 0.25) is 0 Å². The van der Waals surface area contributed by atoms with Gasteiger partial charge < -0.3 is 19.3 Å². The van der Waals surface area contributed by atoms with Gasteiger partial charge in [-0.2, -0.15) is 4.98 Å². The number of morpholine rings is 1. The van der Waals surface area contributed by atoms with E-state index in [1.807, 2.05) is 0 Å². The summed E-state index contributed by atoms with van der Waals surface area (Å²) in [6.07, 6.45) is -0.207. The Balaban J connectivity index is 1.79. The fourth-order valence-electron chi connectivity index (χ4n) is 1.74. The molecule has 0 aliphatic carbocycles. The quantitative estimate of drug-likeness (QED) is 0.838. The monoisotopic (exact) mass is 263 g/mol. The molecule has 0 bridgehead atoms. The standard InChI is InChI=1S/C11H13N5O3/c1-17-9-3-2-7(14-15-9)10-13-11(19-16-10)8-6-12-4-5-18-8/h2-3,8,12H,4-6H2,1H3. The van der Waals surface area contributed by atoms with Gasteiger partial charge in [-0.15, -0.1) is 10.2 Å². The van der Waals surface area contributed by atoms with Crippen molar-refractivity contribution in [3.8, 4) is 17.4 Å². The van der Waals surface area contributed by atoms with E-state index in [9.17, 15) is 0 Å². The van der Waals surface area contributed by atoms with Gasteiger partial charge in [0.25, 0.3) is 5.89 Å². The second-order valence-electron chi connectivity index (χ2n) is 3.98. The van der Waals surface area contributed by atoms with Crippen LogP contribution >= 0.6 is 0 Å². The molecule has 0 amide bonds. The van der Waals surface area contributed by atoms with Crippen molar-refractivity contribution in [1.29, 1.82) is 0 Å². The van der Waals surface area contributed by atoms with Crippen LogP contribution < -0.4 is 10.1 Å². The van der Waals surface area contributed by atoms with Crippen LogP contribution in [0.25, 0.3) is 11.5 Å². The van der Waals surface area contributed by atoms with E-state index in [1.54, 1.807) is 12.1 Å². The van der Waals surface area contributed by atoms with Crippen molar-refractivity contribution in [3.63, 3.8) is 0 Å². The van der Waals surface area contributed by atoms with Gasteiger partial charge in [-0.05, 0) is 6.07 Å². The Kier molecular flexibility index (Phi) is 3.34. The molecular formula is C11H13N5O3. The molecule has 1 fully saturated rings. The van der Waals surface area contributed by atoms with Gasteiger partial charge >= 0.3 is 0 Å². The van der Waals surface area contributed by atoms with Crippen LogP contribution in [0.15, 0.2) is 16.7 Å². The smallest absolute Gasteiger partial charge is 0.257 e. The molecule has 1 unspecified atom stereocenters. The highest BCUT2D eigenvalue weighted by molar-refractivity contribution is 5.47. The summed E-state index contributed by atoms with van der Waals surface area (Å²) in [7, 11) is 1.53. The minimum atomic E-state index is -0.207. The third-order valence-electron chi connectivity index (χ3n) is 2.72. The van der Waals surface area contributed by atoms with Crippen molar-refractivity contribution in [2.24, 2.45) is 0 Å². The van der Waals surface area contributed by atoms with Crippen molar-refractivity contribution < 1.29 is 14.0 Å². The number of hydrogen-bond acceptors (Lipinski definition) is 8. The SMILES string of the molecule is COc1ccc(-c2noc(C3CNCCO3)n2)nn1. The van der Waals surface area contributed by atoms with E-state index in [1.165, 1.54) is 7.11 Å². The molecule has 100 valence electrons. The molecule has 1 aliphatic heterocycles. The van der Waals surface area contributed by atoms with E-state index in [0.717, 1.165) is 6.54 Å². The highest BCUT2D eigenvalue weighted by atomic mass is 16.5. The van der Waals surface area contributed by atoms with E-state index in [2.05, 4.69) is 25.7 Å². The maximum absolute atomic E-state index is 5.53. The van der Waals surface area contributed by atoms with Crippen LogP contribution in [-0.2, 0) is 4.74 Å². The van der Waals surface area contributed by atoms with Gasteiger partial charge in [0, 0.05) is 19.2 Å². The van der Waals surface area contributed by atoms with E-state index in [-0.39, 0.29) is 6.10 Å². The van der Waals surface area contributed by atoms with Crippen LogP contribution in [0.1, 0.15) is 12.0 Å². The Morgan fingerprint density at radius 3 is 3.00 bits per heavy atom. The highest BCUT2D eigenvalue weighted by Crippen LogP contribution is 2.20. The lowest BCUT2D eigenvalue weighted by atomic mass is 10.3. The van der Waals surface area contributed by atoms with E-state index in [4.69, 9.17) is 14.0 Å². The molecule has 1 saturated heterocycles. The Hall–Kier alpha value is -2.06. The summed E-state index contributed by atoms with van der Waals surface area (Å²) in [5.41, 5.74) is 0.527. The molecule has 2 aromatic heterocycles. The van der Waals surface area contributed by atoms with Gasteiger partial charge in [0.05, 0.1) is 13.7 Å². The molecule has 0 aromatic carbocycles. The van der Waals surface area contributed by atoms with Crippen molar-refractivity contribution in [2.75, 3.05) is 26.8 Å². The molecule has 1 atom stereocenters. The second kappa shape index (κ2) is 5.29. The predicted molar refractivity (Wildman–Crippen MR) is 63.4 cm³/mol. The summed E-state index contributed by atoms with van der Waals surface area (Å²) < 4.78 is 15.7. The van der Waals surface area contributed by atoms with Crippen LogP contribution in [0.3, 0.4) is 0 Å². The minimum Gasteiger partial charge on any atom is -0.480 e.